The van der Waals surface area contributed by atoms with E-state index < -0.39 is 5.97 Å². The normalized spacial score (nSPS) is 11.0. The molecule has 0 bridgehead atoms. The zero-order chi connectivity index (χ0) is 15.2. The third kappa shape index (κ3) is 4.04. The average molecular weight is 281 g/mol. The van der Waals surface area contributed by atoms with Crippen molar-refractivity contribution < 1.29 is 14.3 Å². The summed E-state index contributed by atoms with van der Waals surface area (Å²) in [6, 6.07) is 15.6. The van der Waals surface area contributed by atoms with E-state index >= 15 is 0 Å². The summed E-state index contributed by atoms with van der Waals surface area (Å²) < 4.78 is 5.86. The van der Waals surface area contributed by atoms with Gasteiger partial charge in [0.25, 0.3) is 0 Å². The molecule has 0 aromatic heterocycles. The molecule has 0 aliphatic heterocycles. The van der Waals surface area contributed by atoms with Gasteiger partial charge in [-0.2, -0.15) is 4.74 Å². The van der Waals surface area contributed by atoms with E-state index in [1.807, 2.05) is 6.07 Å². The van der Waals surface area contributed by atoms with Crippen LogP contribution >= 0.6 is 0 Å². The SMILES string of the molecule is C=C(C)C(=O)Oc1ccc(/C=[N+](\[O-])c2ccccc2)cc1. The van der Waals surface area contributed by atoms with Crippen LogP contribution in [0.4, 0.5) is 5.69 Å². The van der Waals surface area contributed by atoms with Crippen LogP contribution in [0.1, 0.15) is 12.5 Å². The average Bonchev–Trinajstić information content (AvgIpc) is 2.50. The molecule has 0 aliphatic rings. The van der Waals surface area contributed by atoms with Crippen molar-refractivity contribution >= 4 is 17.9 Å². The highest BCUT2D eigenvalue weighted by atomic mass is 16.5. The molecule has 0 unspecified atom stereocenters. The van der Waals surface area contributed by atoms with Gasteiger partial charge >= 0.3 is 5.97 Å². The fourth-order valence-electron chi connectivity index (χ4n) is 1.60. The lowest BCUT2D eigenvalue weighted by Crippen LogP contribution is -2.08. The Labute approximate surface area is 123 Å². The van der Waals surface area contributed by atoms with E-state index in [1.54, 1.807) is 55.5 Å². The van der Waals surface area contributed by atoms with Crippen molar-refractivity contribution in [2.45, 2.75) is 6.92 Å². The molecule has 0 saturated heterocycles. The third-order valence-electron chi connectivity index (χ3n) is 2.72. The summed E-state index contributed by atoms with van der Waals surface area (Å²) in [5.74, 6) is -0.0567. The Morgan fingerprint density at radius 3 is 2.33 bits per heavy atom. The molecular weight excluding hydrogens is 266 g/mol. The fourth-order valence-corrected chi connectivity index (χ4v) is 1.60. The first-order chi connectivity index (χ1) is 10.1. The fraction of sp³-hybridized carbons (Fsp3) is 0.0588. The summed E-state index contributed by atoms with van der Waals surface area (Å²) in [6.45, 7) is 5.10. The Bertz CT molecular complexity index is 673. The van der Waals surface area contributed by atoms with Gasteiger partial charge < -0.3 is 9.94 Å². The molecule has 0 spiro atoms. The summed E-state index contributed by atoms with van der Waals surface area (Å²) >= 11 is 0. The third-order valence-corrected chi connectivity index (χ3v) is 2.72. The molecule has 0 amide bonds. The molecule has 4 nitrogen and oxygen atoms in total. The van der Waals surface area contributed by atoms with Gasteiger partial charge in [-0.1, -0.05) is 24.8 Å². The molecule has 0 heterocycles. The van der Waals surface area contributed by atoms with Crippen LogP contribution in [0.15, 0.2) is 66.7 Å². The monoisotopic (exact) mass is 281 g/mol. The maximum Gasteiger partial charge on any atom is 0.338 e. The highest BCUT2D eigenvalue weighted by Gasteiger charge is 2.05. The molecule has 0 N–H and O–H groups in total. The predicted molar refractivity (Wildman–Crippen MR) is 81.8 cm³/mol. The van der Waals surface area contributed by atoms with Crippen LogP contribution in [0.25, 0.3) is 0 Å². The molecule has 2 aromatic carbocycles. The second kappa shape index (κ2) is 6.52. The molecule has 0 saturated carbocycles. The van der Waals surface area contributed by atoms with Crippen LogP contribution < -0.4 is 4.74 Å². The molecule has 0 aliphatic carbocycles. The van der Waals surface area contributed by atoms with Crippen molar-refractivity contribution in [3.63, 3.8) is 0 Å². The van der Waals surface area contributed by atoms with E-state index in [9.17, 15) is 10.0 Å². The number of esters is 1. The number of benzene rings is 2. The van der Waals surface area contributed by atoms with E-state index in [0.29, 0.717) is 22.6 Å². The minimum absolute atomic E-state index is 0.334. The van der Waals surface area contributed by atoms with Crippen molar-refractivity contribution in [1.82, 2.24) is 0 Å². The Morgan fingerprint density at radius 2 is 1.76 bits per heavy atom. The van der Waals surface area contributed by atoms with Crippen LogP contribution in [-0.4, -0.2) is 16.9 Å². The van der Waals surface area contributed by atoms with Gasteiger partial charge in [0.1, 0.15) is 5.75 Å². The molecule has 0 atom stereocenters. The van der Waals surface area contributed by atoms with Crippen molar-refractivity contribution in [2.75, 3.05) is 0 Å². The summed E-state index contributed by atoms with van der Waals surface area (Å²) in [5, 5.41) is 11.9. The van der Waals surface area contributed by atoms with Gasteiger partial charge in [0.15, 0.2) is 6.21 Å². The van der Waals surface area contributed by atoms with E-state index in [4.69, 9.17) is 4.74 Å². The number of ether oxygens (including phenoxy) is 1. The Morgan fingerprint density at radius 1 is 1.14 bits per heavy atom. The minimum Gasteiger partial charge on any atom is -0.618 e. The van der Waals surface area contributed by atoms with Gasteiger partial charge in [0.2, 0.25) is 5.69 Å². The standard InChI is InChI=1S/C17H15NO3/c1-13(2)17(19)21-16-10-8-14(9-11-16)12-18(20)15-6-4-3-5-7-15/h3-12H,1H2,2H3/b18-12-. The second-order valence-corrected chi connectivity index (χ2v) is 4.53. The van der Waals surface area contributed by atoms with Crippen molar-refractivity contribution in [1.29, 1.82) is 0 Å². The first-order valence-electron chi connectivity index (χ1n) is 6.40. The van der Waals surface area contributed by atoms with E-state index in [-0.39, 0.29) is 0 Å². The number of nitrogens with zero attached hydrogens (tertiary/aromatic N) is 1. The predicted octanol–water partition coefficient (Wildman–Crippen LogP) is 3.43. The topological polar surface area (TPSA) is 52.4 Å². The molecule has 2 rings (SSSR count). The number of carbonyl (C=O) groups is 1. The molecule has 21 heavy (non-hydrogen) atoms. The summed E-state index contributed by atoms with van der Waals surface area (Å²) in [7, 11) is 0. The molecular formula is C17H15NO3. The molecule has 0 fully saturated rings. The van der Waals surface area contributed by atoms with Crippen molar-refractivity contribution in [2.24, 2.45) is 0 Å². The molecule has 106 valence electrons. The molecule has 2 aromatic rings. The number of para-hydroxylation sites is 1. The zero-order valence-corrected chi connectivity index (χ0v) is 11.7. The second-order valence-electron chi connectivity index (χ2n) is 4.53. The summed E-state index contributed by atoms with van der Waals surface area (Å²) in [6.07, 6.45) is 1.46. The maximum absolute atomic E-state index is 11.9. The minimum atomic E-state index is -0.471. The van der Waals surface area contributed by atoms with Crippen molar-refractivity contribution in [3.8, 4) is 5.75 Å². The van der Waals surface area contributed by atoms with E-state index in [1.165, 1.54) is 6.21 Å². The van der Waals surface area contributed by atoms with E-state index in [2.05, 4.69) is 6.58 Å². The van der Waals surface area contributed by atoms with Crippen LogP contribution in [0.3, 0.4) is 0 Å². The zero-order valence-electron chi connectivity index (χ0n) is 11.7. The van der Waals surface area contributed by atoms with Gasteiger partial charge in [0.05, 0.1) is 0 Å². The van der Waals surface area contributed by atoms with Gasteiger partial charge in [0, 0.05) is 23.3 Å². The van der Waals surface area contributed by atoms with E-state index in [0.717, 1.165) is 4.74 Å². The Balaban J connectivity index is 2.12. The number of carbonyl (C=O) groups excluding carboxylic acids is 1. The summed E-state index contributed by atoms with van der Waals surface area (Å²) in [5.41, 5.74) is 1.60. The lowest BCUT2D eigenvalue weighted by molar-refractivity contribution is -0.354. The first-order valence-corrected chi connectivity index (χ1v) is 6.40. The Hall–Kier alpha value is -2.88. The van der Waals surface area contributed by atoms with Crippen molar-refractivity contribution in [3.05, 3.63) is 77.5 Å². The molecule has 4 heteroatoms. The largest absolute Gasteiger partial charge is 0.618 e. The molecule has 0 radical (unpaired) electrons. The van der Waals surface area contributed by atoms with Crippen LogP contribution in [0.5, 0.6) is 5.75 Å². The van der Waals surface area contributed by atoms with Gasteiger partial charge in [-0.05, 0) is 31.2 Å². The number of hydrogen-bond donors (Lipinski definition) is 0. The highest BCUT2D eigenvalue weighted by Crippen LogP contribution is 2.14. The maximum atomic E-state index is 11.9. The highest BCUT2D eigenvalue weighted by molar-refractivity contribution is 5.88. The first kappa shape index (κ1) is 14.5. The lowest BCUT2D eigenvalue weighted by atomic mass is 10.2. The van der Waals surface area contributed by atoms with Crippen LogP contribution in [-0.2, 0) is 4.79 Å². The number of rotatable bonds is 4. The summed E-state index contributed by atoms with van der Waals surface area (Å²) in [4.78, 5) is 11.4. The quantitative estimate of drug-likeness (QED) is 0.164. The van der Waals surface area contributed by atoms with Gasteiger partial charge in [-0.15, -0.1) is 0 Å². The smallest absolute Gasteiger partial charge is 0.338 e. The van der Waals surface area contributed by atoms with Gasteiger partial charge in [-0.3, -0.25) is 0 Å². The number of hydrogen-bond acceptors (Lipinski definition) is 3. The lowest BCUT2D eigenvalue weighted by Gasteiger charge is -2.04. The van der Waals surface area contributed by atoms with Crippen LogP contribution in [0.2, 0.25) is 0 Å². The van der Waals surface area contributed by atoms with Gasteiger partial charge in [-0.25, -0.2) is 4.79 Å². The Kier molecular flexibility index (Phi) is 4.51. The van der Waals surface area contributed by atoms with Crippen LogP contribution in [0, 0.1) is 5.21 Å².